The number of aromatic nitrogens is 1. The lowest BCUT2D eigenvalue weighted by atomic mass is 10.1. The molecule has 1 aromatic heterocycles. The second kappa shape index (κ2) is 8.05. The minimum absolute atomic E-state index is 0.0758. The first-order chi connectivity index (χ1) is 11.5. The van der Waals surface area contributed by atoms with Crippen molar-refractivity contribution in [3.8, 4) is 0 Å². The van der Waals surface area contributed by atoms with Crippen molar-refractivity contribution in [2.24, 2.45) is 0 Å². The summed E-state index contributed by atoms with van der Waals surface area (Å²) >= 11 is 0. The van der Waals surface area contributed by atoms with Crippen LogP contribution in [-0.4, -0.2) is 42.5 Å². The van der Waals surface area contributed by atoms with Crippen molar-refractivity contribution in [2.75, 3.05) is 26.0 Å². The smallest absolute Gasteiger partial charge is 0.320 e. The van der Waals surface area contributed by atoms with Crippen LogP contribution in [0.25, 0.3) is 0 Å². The minimum atomic E-state index is -0.595. The van der Waals surface area contributed by atoms with Gasteiger partial charge in [-0.1, -0.05) is 12.1 Å². The van der Waals surface area contributed by atoms with Crippen molar-refractivity contribution >= 4 is 17.8 Å². The maximum Gasteiger partial charge on any atom is 0.320 e. The fourth-order valence-corrected chi connectivity index (χ4v) is 2.07. The number of benzene rings is 1. The fraction of sp³-hybridized carbons (Fsp3) is 0.235. The van der Waals surface area contributed by atoms with Crippen LogP contribution in [0.2, 0.25) is 0 Å². The molecule has 0 aliphatic carbocycles. The van der Waals surface area contributed by atoms with Crippen LogP contribution in [0, 0.1) is 5.82 Å². The molecular formula is C17H19FN4O2. The van der Waals surface area contributed by atoms with Crippen molar-refractivity contribution in [1.82, 2.24) is 15.2 Å². The number of rotatable bonds is 5. The number of hydrogen-bond donors (Lipinski definition) is 2. The van der Waals surface area contributed by atoms with E-state index in [0.29, 0.717) is 18.5 Å². The SMILES string of the molecule is CN(C)C(=O)c1cccc(CCNC(=O)Nc2ncccc2F)c1. The van der Waals surface area contributed by atoms with Gasteiger partial charge in [-0.3, -0.25) is 10.1 Å². The van der Waals surface area contributed by atoms with E-state index in [0.717, 1.165) is 5.56 Å². The highest BCUT2D eigenvalue weighted by Crippen LogP contribution is 2.09. The molecule has 0 unspecified atom stereocenters. The molecule has 0 bridgehead atoms. The van der Waals surface area contributed by atoms with Gasteiger partial charge < -0.3 is 10.2 Å². The molecule has 1 heterocycles. The molecule has 1 aromatic carbocycles. The number of nitrogens with zero attached hydrogens (tertiary/aromatic N) is 2. The van der Waals surface area contributed by atoms with Crippen molar-refractivity contribution < 1.29 is 14.0 Å². The normalized spacial score (nSPS) is 10.1. The largest absolute Gasteiger partial charge is 0.345 e. The maximum atomic E-state index is 13.4. The van der Waals surface area contributed by atoms with Gasteiger partial charge in [0.05, 0.1) is 0 Å². The predicted molar refractivity (Wildman–Crippen MR) is 89.4 cm³/mol. The van der Waals surface area contributed by atoms with Gasteiger partial charge in [0.1, 0.15) is 0 Å². The van der Waals surface area contributed by atoms with E-state index in [1.165, 1.54) is 23.2 Å². The molecule has 0 radical (unpaired) electrons. The van der Waals surface area contributed by atoms with Crippen LogP contribution in [0.15, 0.2) is 42.6 Å². The summed E-state index contributed by atoms with van der Waals surface area (Å²) in [5.41, 5.74) is 1.52. The first-order valence-electron chi connectivity index (χ1n) is 7.43. The second-order valence-electron chi connectivity index (χ2n) is 5.36. The lowest BCUT2D eigenvalue weighted by Gasteiger charge is -2.11. The molecule has 0 aliphatic rings. The summed E-state index contributed by atoms with van der Waals surface area (Å²) in [6, 6.07) is 9.35. The zero-order valence-electron chi connectivity index (χ0n) is 13.5. The number of amides is 3. The van der Waals surface area contributed by atoms with Crippen LogP contribution in [0.1, 0.15) is 15.9 Å². The Morgan fingerprint density at radius 2 is 2.00 bits per heavy atom. The van der Waals surface area contributed by atoms with E-state index in [-0.39, 0.29) is 11.7 Å². The monoisotopic (exact) mass is 330 g/mol. The summed E-state index contributed by atoms with van der Waals surface area (Å²) in [5.74, 6) is -0.788. The van der Waals surface area contributed by atoms with E-state index in [9.17, 15) is 14.0 Å². The Kier molecular flexibility index (Phi) is 5.83. The summed E-state index contributed by atoms with van der Waals surface area (Å²) < 4.78 is 13.4. The molecule has 6 nitrogen and oxygen atoms in total. The molecule has 24 heavy (non-hydrogen) atoms. The molecule has 2 rings (SSSR count). The Morgan fingerprint density at radius 3 is 2.71 bits per heavy atom. The third-order valence-electron chi connectivity index (χ3n) is 3.27. The van der Waals surface area contributed by atoms with Crippen molar-refractivity contribution in [1.29, 1.82) is 0 Å². The molecule has 0 aliphatic heterocycles. The molecule has 126 valence electrons. The Hall–Kier alpha value is -2.96. The van der Waals surface area contributed by atoms with E-state index in [2.05, 4.69) is 15.6 Å². The van der Waals surface area contributed by atoms with Gasteiger partial charge in [-0.25, -0.2) is 14.2 Å². The lowest BCUT2D eigenvalue weighted by Crippen LogP contribution is -2.31. The van der Waals surface area contributed by atoms with E-state index >= 15 is 0 Å². The quantitative estimate of drug-likeness (QED) is 0.883. The first kappa shape index (κ1) is 17.4. The number of carbonyl (C=O) groups excluding carboxylic acids is 2. The summed E-state index contributed by atoms with van der Waals surface area (Å²) in [7, 11) is 3.38. The van der Waals surface area contributed by atoms with Crippen LogP contribution >= 0.6 is 0 Å². The van der Waals surface area contributed by atoms with Crippen LogP contribution in [0.3, 0.4) is 0 Å². The number of anilines is 1. The highest BCUT2D eigenvalue weighted by molar-refractivity contribution is 5.94. The zero-order valence-corrected chi connectivity index (χ0v) is 13.5. The molecule has 0 saturated carbocycles. The van der Waals surface area contributed by atoms with E-state index < -0.39 is 11.8 Å². The minimum Gasteiger partial charge on any atom is -0.345 e. The van der Waals surface area contributed by atoms with E-state index in [1.807, 2.05) is 6.07 Å². The van der Waals surface area contributed by atoms with Gasteiger partial charge in [0, 0.05) is 32.4 Å². The summed E-state index contributed by atoms with van der Waals surface area (Å²) in [6.07, 6.45) is 1.94. The standard InChI is InChI=1S/C17H19FN4O2/c1-22(2)16(23)13-6-3-5-12(11-13)8-10-20-17(24)21-15-14(18)7-4-9-19-15/h3-7,9,11H,8,10H2,1-2H3,(H2,19,20,21,24). The maximum absolute atomic E-state index is 13.4. The third-order valence-corrected chi connectivity index (χ3v) is 3.27. The number of hydrogen-bond acceptors (Lipinski definition) is 3. The summed E-state index contributed by atoms with van der Waals surface area (Å²) in [6.45, 7) is 0.347. The molecule has 7 heteroatoms. The summed E-state index contributed by atoms with van der Waals surface area (Å²) in [5, 5.41) is 4.97. The highest BCUT2D eigenvalue weighted by atomic mass is 19.1. The zero-order chi connectivity index (χ0) is 17.5. The van der Waals surface area contributed by atoms with Crippen molar-refractivity contribution in [3.63, 3.8) is 0 Å². The van der Waals surface area contributed by atoms with Gasteiger partial charge in [-0.15, -0.1) is 0 Å². The Labute approximate surface area is 139 Å². The molecule has 0 atom stereocenters. The predicted octanol–water partition coefficient (Wildman–Crippen LogP) is 2.29. The van der Waals surface area contributed by atoms with Crippen molar-refractivity contribution in [3.05, 3.63) is 59.5 Å². The van der Waals surface area contributed by atoms with Gasteiger partial charge in [-0.05, 0) is 36.2 Å². The van der Waals surface area contributed by atoms with Gasteiger partial charge in [0.15, 0.2) is 11.6 Å². The van der Waals surface area contributed by atoms with Crippen LogP contribution in [-0.2, 0) is 6.42 Å². The highest BCUT2D eigenvalue weighted by Gasteiger charge is 2.09. The molecule has 3 amide bonds. The number of pyridine rings is 1. The molecule has 0 fully saturated rings. The Bertz CT molecular complexity index is 734. The van der Waals surface area contributed by atoms with Crippen LogP contribution < -0.4 is 10.6 Å². The average molecular weight is 330 g/mol. The van der Waals surface area contributed by atoms with Gasteiger partial charge in [-0.2, -0.15) is 0 Å². The first-order valence-corrected chi connectivity index (χ1v) is 7.43. The Morgan fingerprint density at radius 1 is 1.21 bits per heavy atom. The Balaban J connectivity index is 1.86. The third kappa shape index (κ3) is 4.77. The molecular weight excluding hydrogens is 311 g/mol. The second-order valence-corrected chi connectivity index (χ2v) is 5.36. The van der Waals surface area contributed by atoms with Crippen LogP contribution in [0.5, 0.6) is 0 Å². The average Bonchev–Trinajstić information content (AvgIpc) is 2.56. The number of urea groups is 1. The number of carbonyl (C=O) groups is 2. The molecule has 0 saturated heterocycles. The van der Waals surface area contributed by atoms with E-state index in [1.54, 1.807) is 32.3 Å². The van der Waals surface area contributed by atoms with Gasteiger partial charge >= 0.3 is 6.03 Å². The fourth-order valence-electron chi connectivity index (χ4n) is 2.07. The van der Waals surface area contributed by atoms with E-state index in [4.69, 9.17) is 0 Å². The molecule has 2 N–H and O–H groups in total. The molecule has 2 aromatic rings. The number of halogens is 1. The van der Waals surface area contributed by atoms with Gasteiger partial charge in [0.25, 0.3) is 5.91 Å². The summed E-state index contributed by atoms with van der Waals surface area (Å²) in [4.78, 5) is 28.9. The van der Waals surface area contributed by atoms with Crippen molar-refractivity contribution in [2.45, 2.75) is 6.42 Å². The lowest BCUT2D eigenvalue weighted by molar-refractivity contribution is 0.0827. The molecule has 0 spiro atoms. The number of nitrogens with one attached hydrogen (secondary N) is 2. The van der Waals surface area contributed by atoms with Gasteiger partial charge in [0.2, 0.25) is 0 Å². The topological polar surface area (TPSA) is 74.3 Å². The van der Waals surface area contributed by atoms with Crippen LogP contribution in [0.4, 0.5) is 15.0 Å².